The topological polar surface area (TPSA) is 110 Å². The molecular formula is C32H27F3N6O3S2. The summed E-state index contributed by atoms with van der Waals surface area (Å²) in [4.78, 5) is 20.1. The van der Waals surface area contributed by atoms with Gasteiger partial charge in [-0.3, -0.25) is 14.6 Å². The summed E-state index contributed by atoms with van der Waals surface area (Å²) in [5.41, 5.74) is -1.97. The van der Waals surface area contributed by atoms with E-state index in [4.69, 9.17) is 12.2 Å². The number of hydrogen-bond donors (Lipinski definition) is 1. The van der Waals surface area contributed by atoms with Gasteiger partial charge in [0.25, 0.3) is 5.91 Å². The number of sulfonamides is 1. The molecule has 1 spiro atoms. The molecule has 0 bridgehead atoms. The van der Waals surface area contributed by atoms with Crippen LogP contribution in [0.5, 0.6) is 0 Å². The Morgan fingerprint density at radius 1 is 1.07 bits per heavy atom. The van der Waals surface area contributed by atoms with Crippen molar-refractivity contribution in [3.63, 3.8) is 0 Å². The quantitative estimate of drug-likeness (QED) is 0.328. The first-order valence-corrected chi connectivity index (χ1v) is 16.2. The number of rotatable bonds is 8. The standard InChI is InChI=1S/C32H27F3N6O3S2/c33-32(34,35)25-17-24(19-37-26(25)18-36)40-29(42)31(15-8-16-31)41(30(40)45)27-13-7-14-28(38-27)46(43,44)39(20-22-9-3-1-4-10-22)21-23-11-5-2-6-12-23/h1-7,9-14,17,19,28,38H,8,15-16,20-21H2. The second-order valence-corrected chi connectivity index (χ2v) is 13.5. The lowest BCUT2D eigenvalue weighted by Crippen LogP contribution is -2.58. The molecule has 1 amide bonds. The van der Waals surface area contributed by atoms with Gasteiger partial charge in [-0.05, 0) is 60.8 Å². The van der Waals surface area contributed by atoms with E-state index in [-0.39, 0.29) is 29.7 Å². The van der Waals surface area contributed by atoms with Crippen LogP contribution < -0.4 is 10.2 Å². The third kappa shape index (κ3) is 5.55. The molecule has 1 unspecified atom stereocenters. The second kappa shape index (κ2) is 12.0. The van der Waals surface area contributed by atoms with Gasteiger partial charge < -0.3 is 5.32 Å². The van der Waals surface area contributed by atoms with Crippen LogP contribution in [0, 0.1) is 11.3 Å². The number of benzene rings is 2. The van der Waals surface area contributed by atoms with Gasteiger partial charge in [0.2, 0.25) is 10.0 Å². The fourth-order valence-corrected chi connectivity index (χ4v) is 7.84. The lowest BCUT2D eigenvalue weighted by atomic mass is 9.75. The van der Waals surface area contributed by atoms with Crippen molar-refractivity contribution in [3.05, 3.63) is 119 Å². The molecule has 1 saturated carbocycles. The minimum absolute atomic E-state index is 0.106. The maximum Gasteiger partial charge on any atom is 0.419 e. The molecular weight excluding hydrogens is 638 g/mol. The van der Waals surface area contributed by atoms with Crippen LogP contribution in [-0.4, -0.2) is 44.5 Å². The molecule has 6 rings (SSSR count). The van der Waals surface area contributed by atoms with Crippen LogP contribution in [0.1, 0.15) is 41.6 Å². The van der Waals surface area contributed by atoms with Gasteiger partial charge in [-0.1, -0.05) is 66.7 Å². The third-order valence-corrected chi connectivity index (χ3v) is 10.6. The number of hydrogen-bond acceptors (Lipinski definition) is 7. The van der Waals surface area contributed by atoms with Gasteiger partial charge in [-0.15, -0.1) is 0 Å². The Kier molecular flexibility index (Phi) is 8.18. The van der Waals surface area contributed by atoms with E-state index in [2.05, 4.69) is 10.3 Å². The fourth-order valence-electron chi connectivity index (χ4n) is 5.84. The molecule has 0 radical (unpaired) electrons. The highest BCUT2D eigenvalue weighted by Gasteiger charge is 2.60. The predicted molar refractivity (Wildman–Crippen MR) is 168 cm³/mol. The summed E-state index contributed by atoms with van der Waals surface area (Å²) < 4.78 is 71.1. The molecule has 14 heteroatoms. The van der Waals surface area contributed by atoms with Crippen molar-refractivity contribution in [3.8, 4) is 6.07 Å². The Bertz CT molecular complexity index is 1850. The molecule has 236 valence electrons. The maximum atomic E-state index is 14.2. The van der Waals surface area contributed by atoms with Crippen molar-refractivity contribution in [1.82, 2.24) is 19.5 Å². The van der Waals surface area contributed by atoms with E-state index < -0.39 is 44.3 Å². The Morgan fingerprint density at radius 2 is 1.67 bits per heavy atom. The Morgan fingerprint density at radius 3 is 2.20 bits per heavy atom. The van der Waals surface area contributed by atoms with Crippen LogP contribution in [0.4, 0.5) is 18.9 Å². The number of pyridine rings is 1. The van der Waals surface area contributed by atoms with E-state index in [1.165, 1.54) is 21.4 Å². The Hall–Kier alpha value is -4.58. The largest absolute Gasteiger partial charge is 0.419 e. The molecule has 1 aromatic heterocycles. The van der Waals surface area contributed by atoms with Crippen molar-refractivity contribution in [2.75, 3.05) is 4.90 Å². The summed E-state index contributed by atoms with van der Waals surface area (Å²) >= 11 is 5.70. The number of aromatic nitrogens is 1. The van der Waals surface area contributed by atoms with Crippen LogP contribution in [0.15, 0.2) is 97.0 Å². The van der Waals surface area contributed by atoms with E-state index in [1.807, 2.05) is 60.7 Å². The van der Waals surface area contributed by atoms with E-state index in [1.54, 1.807) is 12.2 Å². The zero-order chi connectivity index (χ0) is 32.7. The van der Waals surface area contributed by atoms with Crippen molar-refractivity contribution in [2.45, 2.75) is 49.4 Å². The Labute approximate surface area is 269 Å². The highest BCUT2D eigenvalue weighted by Crippen LogP contribution is 2.48. The molecule has 3 aromatic rings. The highest BCUT2D eigenvalue weighted by atomic mass is 32.2. The molecule has 46 heavy (non-hydrogen) atoms. The first kappa shape index (κ1) is 31.4. The van der Waals surface area contributed by atoms with E-state index in [9.17, 15) is 31.6 Å². The van der Waals surface area contributed by atoms with Gasteiger partial charge in [0.05, 0.1) is 17.4 Å². The molecule has 1 aliphatic carbocycles. The summed E-state index contributed by atoms with van der Waals surface area (Å²) in [6.07, 6.45) is 2.13. The van der Waals surface area contributed by atoms with Gasteiger partial charge in [0.1, 0.15) is 17.4 Å². The van der Waals surface area contributed by atoms with Gasteiger partial charge in [-0.25, -0.2) is 13.4 Å². The van der Waals surface area contributed by atoms with Gasteiger partial charge in [-0.2, -0.15) is 22.7 Å². The van der Waals surface area contributed by atoms with Crippen LogP contribution in [0.2, 0.25) is 0 Å². The van der Waals surface area contributed by atoms with Crippen molar-refractivity contribution in [1.29, 1.82) is 5.26 Å². The van der Waals surface area contributed by atoms with E-state index in [0.29, 0.717) is 25.3 Å². The van der Waals surface area contributed by atoms with Crippen LogP contribution in [0.3, 0.4) is 0 Å². The molecule has 1 N–H and O–H groups in total. The lowest BCUT2D eigenvalue weighted by Gasteiger charge is -2.44. The summed E-state index contributed by atoms with van der Waals surface area (Å²) in [5.74, 6) is -0.316. The first-order valence-electron chi connectivity index (χ1n) is 14.3. The summed E-state index contributed by atoms with van der Waals surface area (Å²) in [6, 6.07) is 20.5. The molecule has 3 aliphatic rings. The molecule has 2 fully saturated rings. The zero-order valence-electron chi connectivity index (χ0n) is 24.2. The number of carbonyl (C=O) groups is 1. The smallest absolute Gasteiger partial charge is 0.351 e. The van der Waals surface area contributed by atoms with Crippen molar-refractivity contribution in [2.24, 2.45) is 0 Å². The molecule has 1 atom stereocenters. The number of thiocarbonyl (C=S) groups is 1. The minimum Gasteiger partial charge on any atom is -0.351 e. The summed E-state index contributed by atoms with van der Waals surface area (Å²) in [5, 5.41) is 10.9. The van der Waals surface area contributed by atoms with Gasteiger partial charge >= 0.3 is 6.18 Å². The predicted octanol–water partition coefficient (Wildman–Crippen LogP) is 5.19. The zero-order valence-corrected chi connectivity index (χ0v) is 25.8. The van der Waals surface area contributed by atoms with Crippen LogP contribution in [0.25, 0.3) is 0 Å². The number of amides is 1. The number of nitriles is 1. The molecule has 9 nitrogen and oxygen atoms in total. The fraction of sp³-hybridized carbons (Fsp3) is 0.250. The second-order valence-electron chi connectivity index (χ2n) is 11.1. The maximum absolute atomic E-state index is 14.2. The van der Waals surface area contributed by atoms with E-state index >= 15 is 0 Å². The SMILES string of the molecule is N#Cc1ncc(N2C(=O)C3(CCC3)N(C3=CC=CC(S(=O)(=O)N(Cc4ccccc4)Cc4ccccc4)N3)C2=S)cc1C(F)(F)F. The number of nitrogens with one attached hydrogen (secondary N) is 1. The van der Waals surface area contributed by atoms with Crippen molar-refractivity contribution >= 4 is 38.9 Å². The summed E-state index contributed by atoms with van der Waals surface area (Å²) in [7, 11) is -4.07. The molecule has 3 heterocycles. The number of carbonyl (C=O) groups excluding carboxylic acids is 1. The van der Waals surface area contributed by atoms with Gasteiger partial charge in [0, 0.05) is 13.1 Å². The van der Waals surface area contributed by atoms with E-state index in [0.717, 1.165) is 22.2 Å². The monoisotopic (exact) mass is 664 g/mol. The number of alkyl halides is 3. The van der Waals surface area contributed by atoms with Crippen LogP contribution in [-0.2, 0) is 34.1 Å². The highest BCUT2D eigenvalue weighted by molar-refractivity contribution is 7.89. The summed E-state index contributed by atoms with van der Waals surface area (Å²) in [6.45, 7) is 0.212. The third-order valence-electron chi connectivity index (χ3n) is 8.29. The Balaban J connectivity index is 1.32. The van der Waals surface area contributed by atoms with Gasteiger partial charge in [0.15, 0.2) is 16.2 Å². The number of dihydropyridines is 1. The lowest BCUT2D eigenvalue weighted by molar-refractivity contribution is -0.138. The van der Waals surface area contributed by atoms with Crippen molar-refractivity contribution < 1.29 is 26.4 Å². The normalized spacial score (nSPS) is 19.2. The first-order chi connectivity index (χ1) is 22.0. The number of anilines is 1. The molecule has 2 aliphatic heterocycles. The van der Waals surface area contributed by atoms with Crippen LogP contribution >= 0.6 is 12.2 Å². The number of nitrogens with zero attached hydrogens (tertiary/aromatic N) is 5. The number of halogens is 3. The number of allylic oxidation sites excluding steroid dienone is 2. The average Bonchev–Trinajstić information content (AvgIpc) is 3.27. The molecule has 1 saturated heterocycles. The minimum atomic E-state index is -4.89. The molecule has 2 aromatic carbocycles. The average molecular weight is 665 g/mol.